The number of benzene rings is 1. The third-order valence-corrected chi connectivity index (χ3v) is 4.18. The van der Waals surface area contributed by atoms with E-state index in [1.807, 2.05) is 0 Å². The lowest BCUT2D eigenvalue weighted by atomic mass is 10.0. The third-order valence-electron chi connectivity index (χ3n) is 4.18. The standard InChI is InChI=1S/C16H17F2N3O2/c1-10(22)11-4-5-20(8-11)16(23)12-7-19-21(9-12)15-3-2-13(17)6-14(15)18/h2-3,6-7,9-11,22H,4-5,8H2,1H3. The van der Waals surface area contributed by atoms with Gasteiger partial charge in [-0.3, -0.25) is 4.79 Å². The maximum atomic E-state index is 13.8. The van der Waals surface area contributed by atoms with Gasteiger partial charge >= 0.3 is 0 Å². The van der Waals surface area contributed by atoms with Gasteiger partial charge in [-0.25, -0.2) is 13.5 Å². The molecule has 1 amide bonds. The van der Waals surface area contributed by atoms with E-state index in [0.29, 0.717) is 18.7 Å². The van der Waals surface area contributed by atoms with Gasteiger partial charge in [0, 0.05) is 31.3 Å². The molecule has 2 unspecified atom stereocenters. The zero-order valence-electron chi connectivity index (χ0n) is 12.6. The van der Waals surface area contributed by atoms with Crippen LogP contribution in [0, 0.1) is 17.6 Å². The Bertz CT molecular complexity index is 730. The van der Waals surface area contributed by atoms with Gasteiger partial charge in [-0.1, -0.05) is 0 Å². The average molecular weight is 321 g/mol. The molecule has 1 saturated heterocycles. The molecule has 1 aliphatic rings. The van der Waals surface area contributed by atoms with Crippen LogP contribution in [0.4, 0.5) is 8.78 Å². The molecule has 0 radical (unpaired) electrons. The van der Waals surface area contributed by atoms with E-state index in [1.54, 1.807) is 11.8 Å². The van der Waals surface area contributed by atoms with Crippen molar-refractivity contribution in [2.24, 2.45) is 5.92 Å². The van der Waals surface area contributed by atoms with Gasteiger partial charge in [-0.15, -0.1) is 0 Å². The monoisotopic (exact) mass is 321 g/mol. The lowest BCUT2D eigenvalue weighted by molar-refractivity contribution is 0.0762. The van der Waals surface area contributed by atoms with Crippen LogP contribution in [0.1, 0.15) is 23.7 Å². The Labute approximate surface area is 132 Å². The number of halogens is 2. The van der Waals surface area contributed by atoms with Crippen LogP contribution >= 0.6 is 0 Å². The van der Waals surface area contributed by atoms with E-state index in [9.17, 15) is 18.7 Å². The van der Waals surface area contributed by atoms with Gasteiger partial charge < -0.3 is 10.0 Å². The first-order valence-corrected chi connectivity index (χ1v) is 7.43. The van der Waals surface area contributed by atoms with E-state index in [-0.39, 0.29) is 17.5 Å². The van der Waals surface area contributed by atoms with Crippen molar-refractivity contribution in [3.63, 3.8) is 0 Å². The second-order valence-electron chi connectivity index (χ2n) is 5.81. The molecule has 2 atom stereocenters. The molecule has 2 aromatic rings. The molecule has 1 N–H and O–H groups in total. The summed E-state index contributed by atoms with van der Waals surface area (Å²) in [5.74, 6) is -1.55. The van der Waals surface area contributed by atoms with E-state index < -0.39 is 17.7 Å². The second-order valence-corrected chi connectivity index (χ2v) is 5.81. The molecule has 1 aromatic carbocycles. The number of aliphatic hydroxyl groups is 1. The van der Waals surface area contributed by atoms with Gasteiger partial charge in [0.05, 0.1) is 17.9 Å². The highest BCUT2D eigenvalue weighted by Gasteiger charge is 2.30. The van der Waals surface area contributed by atoms with Crippen molar-refractivity contribution in [1.82, 2.24) is 14.7 Å². The Kier molecular flexibility index (Phi) is 4.12. The Hall–Kier alpha value is -2.28. The van der Waals surface area contributed by atoms with Crippen molar-refractivity contribution in [2.45, 2.75) is 19.4 Å². The maximum Gasteiger partial charge on any atom is 0.257 e. The smallest absolute Gasteiger partial charge is 0.257 e. The number of aromatic nitrogens is 2. The normalized spacial score (nSPS) is 19.1. The molecule has 0 aliphatic carbocycles. The van der Waals surface area contributed by atoms with Crippen molar-refractivity contribution in [2.75, 3.05) is 13.1 Å². The number of hydrogen-bond acceptors (Lipinski definition) is 3. The average Bonchev–Trinajstić information content (AvgIpc) is 3.16. The lowest BCUT2D eigenvalue weighted by Crippen LogP contribution is -2.30. The number of carbonyl (C=O) groups excluding carboxylic acids is 1. The van der Waals surface area contributed by atoms with Crippen molar-refractivity contribution in [3.05, 3.63) is 47.8 Å². The van der Waals surface area contributed by atoms with E-state index in [0.717, 1.165) is 18.6 Å². The fourth-order valence-electron chi connectivity index (χ4n) is 2.78. The highest BCUT2D eigenvalue weighted by molar-refractivity contribution is 5.94. The summed E-state index contributed by atoms with van der Waals surface area (Å²) in [5.41, 5.74) is 0.411. The summed E-state index contributed by atoms with van der Waals surface area (Å²) < 4.78 is 27.9. The summed E-state index contributed by atoms with van der Waals surface area (Å²) in [6.07, 6.45) is 3.09. The molecule has 0 spiro atoms. The first-order chi connectivity index (χ1) is 11.0. The number of amides is 1. The summed E-state index contributed by atoms with van der Waals surface area (Å²) in [4.78, 5) is 14.1. The molecule has 0 saturated carbocycles. The molecular formula is C16H17F2N3O2. The number of nitrogens with zero attached hydrogens (tertiary/aromatic N) is 3. The van der Waals surface area contributed by atoms with Gasteiger partial charge in [-0.2, -0.15) is 5.10 Å². The van der Waals surface area contributed by atoms with Crippen molar-refractivity contribution < 1.29 is 18.7 Å². The number of carbonyl (C=O) groups is 1. The van der Waals surface area contributed by atoms with E-state index in [2.05, 4.69) is 5.10 Å². The molecule has 3 rings (SSSR count). The van der Waals surface area contributed by atoms with E-state index >= 15 is 0 Å². The molecule has 23 heavy (non-hydrogen) atoms. The summed E-state index contributed by atoms with van der Waals surface area (Å²) in [5, 5.41) is 13.6. The van der Waals surface area contributed by atoms with Crippen molar-refractivity contribution >= 4 is 5.91 Å². The Balaban J connectivity index is 1.78. The molecule has 5 nitrogen and oxygen atoms in total. The predicted octanol–water partition coefficient (Wildman–Crippen LogP) is 1.99. The Morgan fingerprint density at radius 1 is 1.43 bits per heavy atom. The summed E-state index contributed by atoms with van der Waals surface area (Å²) in [7, 11) is 0. The molecule has 122 valence electrons. The van der Waals surface area contributed by atoms with Crippen LogP contribution in [0.25, 0.3) is 5.69 Å². The first kappa shape index (κ1) is 15.6. The fraction of sp³-hybridized carbons (Fsp3) is 0.375. The van der Waals surface area contributed by atoms with Crippen LogP contribution in [0.2, 0.25) is 0 Å². The quantitative estimate of drug-likeness (QED) is 0.940. The number of aliphatic hydroxyl groups excluding tert-OH is 1. The summed E-state index contributed by atoms with van der Waals surface area (Å²) >= 11 is 0. The van der Waals surface area contributed by atoms with E-state index in [4.69, 9.17) is 0 Å². The van der Waals surface area contributed by atoms with Crippen LogP contribution in [0.15, 0.2) is 30.6 Å². The van der Waals surface area contributed by atoms with Crippen LogP contribution < -0.4 is 0 Å². The Morgan fingerprint density at radius 2 is 2.22 bits per heavy atom. The zero-order valence-corrected chi connectivity index (χ0v) is 12.6. The van der Waals surface area contributed by atoms with E-state index in [1.165, 1.54) is 23.1 Å². The van der Waals surface area contributed by atoms with Gasteiger partial charge in [0.2, 0.25) is 0 Å². The molecule has 1 aliphatic heterocycles. The van der Waals surface area contributed by atoms with Gasteiger partial charge in [0.15, 0.2) is 5.82 Å². The van der Waals surface area contributed by atoms with Crippen LogP contribution in [-0.4, -0.2) is 44.9 Å². The highest BCUT2D eigenvalue weighted by atomic mass is 19.1. The largest absolute Gasteiger partial charge is 0.393 e. The highest BCUT2D eigenvalue weighted by Crippen LogP contribution is 2.22. The molecular weight excluding hydrogens is 304 g/mol. The lowest BCUT2D eigenvalue weighted by Gasteiger charge is -2.16. The SMILES string of the molecule is CC(O)C1CCN(C(=O)c2cnn(-c3ccc(F)cc3F)c2)C1. The van der Waals surface area contributed by atoms with Gasteiger partial charge in [0.25, 0.3) is 5.91 Å². The second kappa shape index (κ2) is 6.08. The van der Waals surface area contributed by atoms with Crippen LogP contribution in [0.5, 0.6) is 0 Å². The van der Waals surface area contributed by atoms with Crippen molar-refractivity contribution in [3.8, 4) is 5.69 Å². The number of likely N-dealkylation sites (tertiary alicyclic amines) is 1. The topological polar surface area (TPSA) is 58.4 Å². The molecule has 2 heterocycles. The minimum absolute atomic E-state index is 0.0727. The number of rotatable bonds is 3. The zero-order chi connectivity index (χ0) is 16.6. The first-order valence-electron chi connectivity index (χ1n) is 7.43. The van der Waals surface area contributed by atoms with Gasteiger partial charge in [0.1, 0.15) is 11.5 Å². The third kappa shape index (κ3) is 3.10. The Morgan fingerprint density at radius 3 is 2.87 bits per heavy atom. The van der Waals surface area contributed by atoms with Crippen LogP contribution in [0.3, 0.4) is 0 Å². The van der Waals surface area contributed by atoms with Crippen LogP contribution in [-0.2, 0) is 0 Å². The van der Waals surface area contributed by atoms with Gasteiger partial charge in [-0.05, 0) is 25.5 Å². The number of hydrogen-bond donors (Lipinski definition) is 1. The van der Waals surface area contributed by atoms with Crippen molar-refractivity contribution in [1.29, 1.82) is 0 Å². The minimum atomic E-state index is -0.748. The summed E-state index contributed by atoms with van der Waals surface area (Å²) in [6, 6.07) is 3.17. The minimum Gasteiger partial charge on any atom is -0.393 e. The fourth-order valence-corrected chi connectivity index (χ4v) is 2.78. The molecule has 1 fully saturated rings. The predicted molar refractivity (Wildman–Crippen MR) is 79.2 cm³/mol. The summed E-state index contributed by atoms with van der Waals surface area (Å²) in [6.45, 7) is 2.78. The molecule has 0 bridgehead atoms. The molecule has 7 heteroatoms. The molecule has 1 aromatic heterocycles. The maximum absolute atomic E-state index is 13.8.